The van der Waals surface area contributed by atoms with Crippen LogP contribution in [0.4, 0.5) is 5.95 Å². The van der Waals surface area contributed by atoms with Crippen molar-refractivity contribution in [1.82, 2.24) is 14.6 Å². The third-order valence-corrected chi connectivity index (χ3v) is 3.36. The van der Waals surface area contributed by atoms with Gasteiger partial charge in [0, 0.05) is 19.3 Å². The Morgan fingerprint density at radius 2 is 1.86 bits per heavy atom. The van der Waals surface area contributed by atoms with Crippen LogP contribution in [0, 0.1) is 0 Å². The standard InChI is InChI=1S/C16H19N5/c17-10-6-11-20(13-14-7-2-1-3-8-14)16-18-15-9-4-5-12-21(15)19-16/h1-5,7-9,12H,6,10-11,13,17H2. The fourth-order valence-electron chi connectivity index (χ4n) is 2.29. The number of rotatable bonds is 6. The summed E-state index contributed by atoms with van der Waals surface area (Å²) in [5.74, 6) is 0.749. The second-order valence-electron chi connectivity index (χ2n) is 4.96. The van der Waals surface area contributed by atoms with Crippen LogP contribution in [0.15, 0.2) is 54.7 Å². The molecule has 21 heavy (non-hydrogen) atoms. The van der Waals surface area contributed by atoms with Crippen molar-refractivity contribution in [2.45, 2.75) is 13.0 Å². The first-order valence-electron chi connectivity index (χ1n) is 7.17. The molecule has 0 aliphatic heterocycles. The number of nitrogens with two attached hydrogens (primary N) is 1. The maximum absolute atomic E-state index is 5.65. The summed E-state index contributed by atoms with van der Waals surface area (Å²) in [5.41, 5.74) is 7.75. The molecule has 3 rings (SSSR count). The number of fused-ring (bicyclic) bond motifs is 1. The van der Waals surface area contributed by atoms with Gasteiger partial charge in [0.2, 0.25) is 5.95 Å². The molecule has 0 saturated heterocycles. The topological polar surface area (TPSA) is 59.5 Å². The zero-order valence-corrected chi connectivity index (χ0v) is 11.9. The molecular weight excluding hydrogens is 262 g/mol. The highest BCUT2D eigenvalue weighted by Gasteiger charge is 2.12. The van der Waals surface area contributed by atoms with Gasteiger partial charge in [0.1, 0.15) is 0 Å². The molecule has 5 nitrogen and oxygen atoms in total. The summed E-state index contributed by atoms with van der Waals surface area (Å²) in [6.07, 6.45) is 2.83. The molecular formula is C16H19N5. The fraction of sp³-hybridized carbons (Fsp3) is 0.250. The Balaban J connectivity index is 1.87. The molecule has 0 unspecified atom stereocenters. The molecule has 3 aromatic rings. The molecule has 2 aromatic heterocycles. The van der Waals surface area contributed by atoms with Gasteiger partial charge < -0.3 is 10.6 Å². The minimum absolute atomic E-state index is 0.665. The molecule has 0 atom stereocenters. The second kappa shape index (κ2) is 6.37. The van der Waals surface area contributed by atoms with Crippen molar-refractivity contribution in [3.63, 3.8) is 0 Å². The van der Waals surface area contributed by atoms with Crippen molar-refractivity contribution in [2.75, 3.05) is 18.0 Å². The largest absolute Gasteiger partial charge is 0.335 e. The van der Waals surface area contributed by atoms with Gasteiger partial charge in [-0.25, -0.2) is 4.52 Å². The molecule has 2 N–H and O–H groups in total. The number of nitrogens with zero attached hydrogens (tertiary/aromatic N) is 4. The summed E-state index contributed by atoms with van der Waals surface area (Å²) < 4.78 is 1.80. The minimum atomic E-state index is 0.665. The molecule has 0 amide bonds. The Bertz CT molecular complexity index is 659. The molecule has 1 aromatic carbocycles. The van der Waals surface area contributed by atoms with Gasteiger partial charge in [0.05, 0.1) is 0 Å². The van der Waals surface area contributed by atoms with Crippen LogP contribution in [0.1, 0.15) is 12.0 Å². The normalized spacial score (nSPS) is 10.9. The zero-order valence-electron chi connectivity index (χ0n) is 11.9. The smallest absolute Gasteiger partial charge is 0.245 e. The average Bonchev–Trinajstić information content (AvgIpc) is 2.96. The first-order chi connectivity index (χ1) is 10.4. The van der Waals surface area contributed by atoms with Gasteiger partial charge in [0.25, 0.3) is 0 Å². The monoisotopic (exact) mass is 281 g/mol. The van der Waals surface area contributed by atoms with E-state index in [4.69, 9.17) is 5.73 Å². The highest BCUT2D eigenvalue weighted by atomic mass is 15.4. The van der Waals surface area contributed by atoms with Crippen LogP contribution >= 0.6 is 0 Å². The van der Waals surface area contributed by atoms with E-state index in [-0.39, 0.29) is 0 Å². The van der Waals surface area contributed by atoms with E-state index in [1.807, 2.05) is 42.6 Å². The van der Waals surface area contributed by atoms with Gasteiger partial charge in [-0.3, -0.25) is 0 Å². The van der Waals surface area contributed by atoms with E-state index >= 15 is 0 Å². The first-order valence-corrected chi connectivity index (χ1v) is 7.17. The molecule has 0 radical (unpaired) electrons. The molecule has 0 bridgehead atoms. The lowest BCUT2D eigenvalue weighted by molar-refractivity contribution is 0.712. The number of pyridine rings is 1. The van der Waals surface area contributed by atoms with Crippen LogP contribution in [0.25, 0.3) is 5.65 Å². The lowest BCUT2D eigenvalue weighted by Gasteiger charge is -2.20. The van der Waals surface area contributed by atoms with Crippen LogP contribution in [0.5, 0.6) is 0 Å². The lowest BCUT2D eigenvalue weighted by atomic mass is 10.2. The van der Waals surface area contributed by atoms with Crippen molar-refractivity contribution in [2.24, 2.45) is 5.73 Å². The fourth-order valence-corrected chi connectivity index (χ4v) is 2.29. The van der Waals surface area contributed by atoms with Gasteiger partial charge in [-0.2, -0.15) is 4.98 Å². The lowest BCUT2D eigenvalue weighted by Crippen LogP contribution is -2.26. The Morgan fingerprint density at radius 1 is 1.05 bits per heavy atom. The molecule has 0 aliphatic carbocycles. The average molecular weight is 281 g/mol. The molecule has 0 fully saturated rings. The van der Waals surface area contributed by atoms with E-state index in [2.05, 4.69) is 27.1 Å². The number of anilines is 1. The van der Waals surface area contributed by atoms with Gasteiger partial charge >= 0.3 is 0 Å². The Labute approximate surface area is 124 Å². The zero-order chi connectivity index (χ0) is 14.5. The highest BCUT2D eigenvalue weighted by Crippen LogP contribution is 2.14. The first kappa shape index (κ1) is 13.6. The summed E-state index contributed by atoms with van der Waals surface area (Å²) in [6, 6.07) is 16.2. The van der Waals surface area contributed by atoms with Crippen molar-refractivity contribution in [3.8, 4) is 0 Å². The molecule has 5 heteroatoms. The third kappa shape index (κ3) is 3.20. The van der Waals surface area contributed by atoms with Crippen LogP contribution in [-0.4, -0.2) is 27.7 Å². The van der Waals surface area contributed by atoms with Crippen molar-refractivity contribution < 1.29 is 0 Å². The van der Waals surface area contributed by atoms with E-state index in [9.17, 15) is 0 Å². The highest BCUT2D eigenvalue weighted by molar-refractivity contribution is 5.44. The summed E-state index contributed by atoms with van der Waals surface area (Å²) in [7, 11) is 0. The van der Waals surface area contributed by atoms with Crippen molar-refractivity contribution in [3.05, 3.63) is 60.3 Å². The second-order valence-corrected chi connectivity index (χ2v) is 4.96. The van der Waals surface area contributed by atoms with Gasteiger partial charge in [-0.1, -0.05) is 36.4 Å². The van der Waals surface area contributed by atoms with Gasteiger partial charge in [-0.15, -0.1) is 5.10 Å². The number of benzene rings is 1. The molecule has 0 saturated carbocycles. The van der Waals surface area contributed by atoms with E-state index in [0.29, 0.717) is 6.54 Å². The Hall–Kier alpha value is -2.40. The third-order valence-electron chi connectivity index (χ3n) is 3.36. The maximum atomic E-state index is 5.65. The maximum Gasteiger partial charge on any atom is 0.245 e. The van der Waals surface area contributed by atoms with Crippen LogP contribution in [0.2, 0.25) is 0 Å². The van der Waals surface area contributed by atoms with E-state index in [1.54, 1.807) is 4.52 Å². The number of aromatic nitrogens is 3. The minimum Gasteiger partial charge on any atom is -0.335 e. The van der Waals surface area contributed by atoms with Crippen LogP contribution in [0.3, 0.4) is 0 Å². The molecule has 108 valence electrons. The van der Waals surface area contributed by atoms with Crippen LogP contribution in [-0.2, 0) is 6.54 Å². The summed E-state index contributed by atoms with van der Waals surface area (Å²) in [5, 5.41) is 4.55. The van der Waals surface area contributed by atoms with Gasteiger partial charge in [-0.05, 0) is 30.7 Å². The summed E-state index contributed by atoms with van der Waals surface area (Å²) in [6.45, 7) is 2.30. The van der Waals surface area contributed by atoms with Crippen molar-refractivity contribution >= 4 is 11.6 Å². The predicted molar refractivity (Wildman–Crippen MR) is 84.2 cm³/mol. The Morgan fingerprint density at radius 3 is 2.62 bits per heavy atom. The molecule has 2 heterocycles. The summed E-state index contributed by atoms with van der Waals surface area (Å²) >= 11 is 0. The SMILES string of the molecule is NCCCN(Cc1ccccc1)c1nc2ccccn2n1. The molecule has 0 aliphatic rings. The van der Waals surface area contributed by atoms with Gasteiger partial charge in [0.15, 0.2) is 5.65 Å². The van der Waals surface area contributed by atoms with Crippen LogP contribution < -0.4 is 10.6 Å². The molecule has 0 spiro atoms. The number of hydrogen-bond donors (Lipinski definition) is 1. The van der Waals surface area contributed by atoms with E-state index in [1.165, 1.54) is 5.56 Å². The van der Waals surface area contributed by atoms with E-state index < -0.39 is 0 Å². The number of hydrogen-bond acceptors (Lipinski definition) is 4. The Kier molecular flexibility index (Phi) is 4.12. The van der Waals surface area contributed by atoms with E-state index in [0.717, 1.165) is 31.1 Å². The summed E-state index contributed by atoms with van der Waals surface area (Å²) in [4.78, 5) is 6.77. The van der Waals surface area contributed by atoms with Crippen molar-refractivity contribution in [1.29, 1.82) is 0 Å². The predicted octanol–water partition coefficient (Wildman–Crippen LogP) is 2.08. The quantitative estimate of drug-likeness (QED) is 0.751.